The van der Waals surface area contributed by atoms with Gasteiger partial charge in [-0.1, -0.05) is 11.3 Å². The molecule has 0 atom stereocenters. The molecule has 6 heteroatoms. The lowest BCUT2D eigenvalue weighted by Gasteiger charge is -2.23. The molecule has 3 heterocycles. The minimum atomic E-state index is 0.986. The number of imidazole rings is 1. The fourth-order valence-corrected chi connectivity index (χ4v) is 3.45. The van der Waals surface area contributed by atoms with Crippen LogP contribution in [0.5, 0.6) is 0 Å². The van der Waals surface area contributed by atoms with E-state index in [0.29, 0.717) is 0 Å². The molecule has 3 rings (SSSR count). The van der Waals surface area contributed by atoms with Crippen LogP contribution >= 0.6 is 27.3 Å². The van der Waals surface area contributed by atoms with Crippen LogP contribution in [0.25, 0.3) is 4.96 Å². The molecule has 0 spiro atoms. The Labute approximate surface area is 106 Å². The summed E-state index contributed by atoms with van der Waals surface area (Å²) in [6.07, 6.45) is 4.20. The number of quaternary nitrogens is 1. The van der Waals surface area contributed by atoms with Crippen LogP contribution in [0.1, 0.15) is 5.69 Å². The van der Waals surface area contributed by atoms with Gasteiger partial charge in [-0.2, -0.15) is 0 Å². The van der Waals surface area contributed by atoms with E-state index in [2.05, 4.69) is 47.9 Å². The number of fused-ring (bicyclic) bond motifs is 1. The van der Waals surface area contributed by atoms with Crippen molar-refractivity contribution in [2.45, 2.75) is 6.54 Å². The number of hydrogen-bond acceptors (Lipinski definition) is 3. The Balaban J connectivity index is 1.75. The van der Waals surface area contributed by atoms with Crippen molar-refractivity contribution in [3.63, 3.8) is 0 Å². The first kappa shape index (κ1) is 10.7. The molecule has 1 saturated heterocycles. The van der Waals surface area contributed by atoms with Crippen molar-refractivity contribution >= 4 is 32.2 Å². The van der Waals surface area contributed by atoms with Gasteiger partial charge in [0.2, 0.25) is 0 Å². The first-order valence-electron chi connectivity index (χ1n) is 5.48. The predicted molar refractivity (Wildman–Crippen MR) is 67.7 cm³/mol. The summed E-state index contributed by atoms with van der Waals surface area (Å²) in [5.41, 5.74) is 1.18. The van der Waals surface area contributed by atoms with Crippen molar-refractivity contribution in [3.8, 4) is 0 Å². The molecule has 0 amide bonds. The molecule has 0 aromatic carbocycles. The van der Waals surface area contributed by atoms with Gasteiger partial charge in [0.15, 0.2) is 4.96 Å². The highest BCUT2D eigenvalue weighted by atomic mass is 79.9. The highest BCUT2D eigenvalue weighted by molar-refractivity contribution is 9.11. The zero-order valence-electron chi connectivity index (χ0n) is 8.90. The first-order valence-corrected chi connectivity index (χ1v) is 7.09. The molecule has 1 fully saturated rings. The Morgan fingerprint density at radius 2 is 2.19 bits per heavy atom. The van der Waals surface area contributed by atoms with Crippen molar-refractivity contribution < 1.29 is 5.32 Å². The average Bonchev–Trinajstić information content (AvgIpc) is 2.76. The molecule has 86 valence electrons. The Kier molecular flexibility index (Phi) is 2.97. The standard InChI is InChI=1S/C10H13BrN4S/c11-9-7-15-6-8(13-10(15)16-9)5-14-3-1-12-2-4-14/h6-7,12H,1-5H2/p+1. The van der Waals surface area contributed by atoms with Gasteiger partial charge in [-0.3, -0.25) is 9.30 Å². The van der Waals surface area contributed by atoms with Gasteiger partial charge in [0.25, 0.3) is 0 Å². The second-order valence-corrected chi connectivity index (χ2v) is 6.49. The number of nitrogens with zero attached hydrogens (tertiary/aromatic N) is 3. The maximum absolute atomic E-state index is 4.63. The topological polar surface area (TPSA) is 37.1 Å². The number of thiazole rings is 1. The van der Waals surface area contributed by atoms with E-state index in [4.69, 9.17) is 0 Å². The molecule has 0 unspecified atom stereocenters. The van der Waals surface area contributed by atoms with E-state index in [1.807, 2.05) is 0 Å². The van der Waals surface area contributed by atoms with E-state index < -0.39 is 0 Å². The molecule has 4 nitrogen and oxygen atoms in total. The molecule has 2 aromatic heterocycles. The Morgan fingerprint density at radius 3 is 2.94 bits per heavy atom. The maximum atomic E-state index is 4.63. The highest BCUT2D eigenvalue weighted by Gasteiger charge is 2.14. The van der Waals surface area contributed by atoms with E-state index in [1.54, 1.807) is 11.3 Å². The van der Waals surface area contributed by atoms with Gasteiger partial charge in [0, 0.05) is 32.0 Å². The molecule has 1 aliphatic heterocycles. The average molecular weight is 302 g/mol. The van der Waals surface area contributed by atoms with Crippen LogP contribution < -0.4 is 5.32 Å². The molecule has 2 N–H and O–H groups in total. The minimum Gasteiger partial charge on any atom is -0.344 e. The summed E-state index contributed by atoms with van der Waals surface area (Å²) in [5.74, 6) is 0. The van der Waals surface area contributed by atoms with E-state index in [0.717, 1.165) is 15.3 Å². The van der Waals surface area contributed by atoms with Crippen LogP contribution in [0.15, 0.2) is 16.2 Å². The Morgan fingerprint density at radius 1 is 1.38 bits per heavy atom. The Hall–Kier alpha value is -0.430. The number of aromatic nitrogens is 2. The number of hydrogen-bond donors (Lipinski definition) is 1. The zero-order valence-corrected chi connectivity index (χ0v) is 11.3. The van der Waals surface area contributed by atoms with Crippen molar-refractivity contribution in [2.24, 2.45) is 0 Å². The summed E-state index contributed by atoms with van der Waals surface area (Å²) >= 11 is 5.15. The van der Waals surface area contributed by atoms with E-state index in [-0.39, 0.29) is 0 Å². The van der Waals surface area contributed by atoms with Crippen LogP contribution in [0, 0.1) is 0 Å². The smallest absolute Gasteiger partial charge is 0.194 e. The Bertz CT molecular complexity index is 454. The van der Waals surface area contributed by atoms with E-state index >= 15 is 0 Å². The predicted octanol–water partition coefficient (Wildman–Crippen LogP) is 0.537. The molecular formula is C10H14BrN4S+. The van der Waals surface area contributed by atoms with Crippen molar-refractivity contribution in [3.05, 3.63) is 21.9 Å². The van der Waals surface area contributed by atoms with Crippen LogP contribution in [-0.2, 0) is 6.54 Å². The van der Waals surface area contributed by atoms with Gasteiger partial charge < -0.3 is 5.32 Å². The minimum absolute atomic E-state index is 0.986. The lowest BCUT2D eigenvalue weighted by molar-refractivity contribution is -0.663. The summed E-state index contributed by atoms with van der Waals surface area (Å²) in [4.78, 5) is 8.18. The normalized spacial score (nSPS) is 18.3. The van der Waals surface area contributed by atoms with Gasteiger partial charge in [0.1, 0.15) is 0 Å². The van der Waals surface area contributed by atoms with Gasteiger partial charge in [0.05, 0.1) is 22.6 Å². The van der Waals surface area contributed by atoms with Crippen molar-refractivity contribution in [2.75, 3.05) is 26.2 Å². The third-order valence-electron chi connectivity index (χ3n) is 2.86. The quantitative estimate of drug-likeness (QED) is 0.879. The maximum Gasteiger partial charge on any atom is 0.194 e. The van der Waals surface area contributed by atoms with E-state index in [9.17, 15) is 0 Å². The summed E-state index contributed by atoms with van der Waals surface area (Å²) in [6.45, 7) is 5.77. The van der Waals surface area contributed by atoms with Gasteiger partial charge in [-0.05, 0) is 15.9 Å². The van der Waals surface area contributed by atoms with Crippen LogP contribution in [0.3, 0.4) is 0 Å². The molecule has 2 aromatic rings. The van der Waals surface area contributed by atoms with Crippen molar-refractivity contribution in [1.29, 1.82) is 0 Å². The van der Waals surface area contributed by atoms with Crippen LogP contribution in [0.4, 0.5) is 0 Å². The molecular weight excluding hydrogens is 288 g/mol. The molecule has 16 heavy (non-hydrogen) atoms. The number of nitrogens with two attached hydrogens (primary N) is 1. The van der Waals surface area contributed by atoms with Crippen molar-refractivity contribution in [1.82, 2.24) is 14.3 Å². The van der Waals surface area contributed by atoms with Gasteiger partial charge in [-0.15, -0.1) is 0 Å². The fourth-order valence-electron chi connectivity index (χ4n) is 2.08. The second-order valence-electron chi connectivity index (χ2n) is 4.10. The molecule has 0 radical (unpaired) electrons. The third kappa shape index (κ3) is 2.15. The number of halogens is 1. The zero-order chi connectivity index (χ0) is 11.0. The summed E-state index contributed by atoms with van der Waals surface area (Å²) in [5, 5.41) is 2.37. The summed E-state index contributed by atoms with van der Waals surface area (Å²) < 4.78 is 3.23. The lowest BCUT2D eigenvalue weighted by Crippen LogP contribution is -2.89. The second kappa shape index (κ2) is 4.44. The highest BCUT2D eigenvalue weighted by Crippen LogP contribution is 2.23. The monoisotopic (exact) mass is 301 g/mol. The third-order valence-corrected chi connectivity index (χ3v) is 4.34. The molecule has 0 saturated carbocycles. The molecule has 0 aliphatic carbocycles. The molecule has 0 bridgehead atoms. The lowest BCUT2D eigenvalue weighted by atomic mass is 10.3. The van der Waals surface area contributed by atoms with Gasteiger partial charge in [-0.25, -0.2) is 4.98 Å². The SMILES string of the molecule is Brc1cn2cc(CN3CC[NH2+]CC3)nc2s1. The first-order chi connectivity index (χ1) is 7.81. The number of rotatable bonds is 2. The van der Waals surface area contributed by atoms with Crippen LogP contribution in [-0.4, -0.2) is 40.5 Å². The fraction of sp³-hybridized carbons (Fsp3) is 0.500. The van der Waals surface area contributed by atoms with E-state index in [1.165, 1.54) is 31.9 Å². The number of piperazine rings is 1. The summed E-state index contributed by atoms with van der Waals surface area (Å²) in [6, 6.07) is 0. The molecule has 1 aliphatic rings. The summed E-state index contributed by atoms with van der Waals surface area (Å²) in [7, 11) is 0. The van der Waals surface area contributed by atoms with Gasteiger partial charge >= 0.3 is 0 Å². The largest absolute Gasteiger partial charge is 0.344 e. The van der Waals surface area contributed by atoms with Crippen LogP contribution in [0.2, 0.25) is 0 Å².